The van der Waals surface area contributed by atoms with Gasteiger partial charge >= 0.3 is 0 Å². The van der Waals surface area contributed by atoms with E-state index >= 15 is 0 Å². The van der Waals surface area contributed by atoms with Crippen molar-refractivity contribution < 1.29 is 14.2 Å². The standard InChI is InChI=1S/C12H10FNO2/c1-16-12-7-9(6-11(13)14-12)8-3-2-4-10(15)5-8/h2-7,15H,1H3. The predicted octanol–water partition coefficient (Wildman–Crippen LogP) is 2.60. The van der Waals surface area contributed by atoms with Crippen LogP contribution in [-0.2, 0) is 0 Å². The summed E-state index contributed by atoms with van der Waals surface area (Å²) in [6.07, 6.45) is 0. The van der Waals surface area contributed by atoms with Crippen LogP contribution in [0.4, 0.5) is 4.39 Å². The van der Waals surface area contributed by atoms with E-state index in [9.17, 15) is 9.50 Å². The third-order valence-corrected chi connectivity index (χ3v) is 2.16. The van der Waals surface area contributed by atoms with Gasteiger partial charge in [0.25, 0.3) is 0 Å². The monoisotopic (exact) mass is 219 g/mol. The zero-order valence-corrected chi connectivity index (χ0v) is 8.64. The minimum absolute atomic E-state index is 0.133. The van der Waals surface area contributed by atoms with E-state index in [4.69, 9.17) is 4.74 Å². The zero-order chi connectivity index (χ0) is 11.5. The molecule has 0 fully saturated rings. The number of methoxy groups -OCH3 is 1. The molecule has 1 aromatic heterocycles. The molecule has 0 aliphatic heterocycles. The maximum atomic E-state index is 13.1. The fraction of sp³-hybridized carbons (Fsp3) is 0.0833. The van der Waals surface area contributed by atoms with Crippen molar-refractivity contribution in [3.8, 4) is 22.8 Å². The number of pyridine rings is 1. The van der Waals surface area contributed by atoms with Crippen LogP contribution in [0.15, 0.2) is 36.4 Å². The highest BCUT2D eigenvalue weighted by Crippen LogP contribution is 2.25. The molecule has 0 unspecified atom stereocenters. The minimum atomic E-state index is -0.613. The van der Waals surface area contributed by atoms with E-state index in [0.29, 0.717) is 11.1 Å². The lowest BCUT2D eigenvalue weighted by Gasteiger charge is -2.05. The molecule has 0 bridgehead atoms. The lowest BCUT2D eigenvalue weighted by atomic mass is 10.1. The maximum absolute atomic E-state index is 13.1. The Bertz CT molecular complexity index is 514. The van der Waals surface area contributed by atoms with Crippen molar-refractivity contribution in [3.63, 3.8) is 0 Å². The summed E-state index contributed by atoms with van der Waals surface area (Å²) in [6.45, 7) is 0. The molecule has 16 heavy (non-hydrogen) atoms. The summed E-state index contributed by atoms with van der Waals surface area (Å²) >= 11 is 0. The van der Waals surface area contributed by atoms with Crippen LogP contribution < -0.4 is 4.74 Å². The number of phenolic OH excluding ortho intramolecular Hbond substituents is 1. The fourth-order valence-corrected chi connectivity index (χ4v) is 1.43. The number of rotatable bonds is 2. The van der Waals surface area contributed by atoms with Crippen LogP contribution in [0.5, 0.6) is 11.6 Å². The second-order valence-corrected chi connectivity index (χ2v) is 3.27. The Morgan fingerprint density at radius 1 is 1.19 bits per heavy atom. The highest BCUT2D eigenvalue weighted by Gasteiger charge is 2.05. The number of ether oxygens (including phenoxy) is 1. The predicted molar refractivity (Wildman–Crippen MR) is 57.8 cm³/mol. The van der Waals surface area contributed by atoms with Gasteiger partial charge in [0, 0.05) is 12.1 Å². The highest BCUT2D eigenvalue weighted by molar-refractivity contribution is 5.65. The molecule has 0 saturated carbocycles. The summed E-state index contributed by atoms with van der Waals surface area (Å²) in [6, 6.07) is 9.46. The number of nitrogens with zero attached hydrogens (tertiary/aromatic N) is 1. The third kappa shape index (κ3) is 2.11. The number of halogens is 1. The first-order valence-electron chi connectivity index (χ1n) is 4.70. The summed E-state index contributed by atoms with van der Waals surface area (Å²) in [7, 11) is 1.42. The Kier molecular flexibility index (Phi) is 2.72. The van der Waals surface area contributed by atoms with Gasteiger partial charge in [0.05, 0.1) is 7.11 Å². The smallest absolute Gasteiger partial charge is 0.216 e. The number of phenols is 1. The van der Waals surface area contributed by atoms with E-state index in [2.05, 4.69) is 4.98 Å². The second kappa shape index (κ2) is 4.18. The minimum Gasteiger partial charge on any atom is -0.508 e. The quantitative estimate of drug-likeness (QED) is 0.789. The third-order valence-electron chi connectivity index (χ3n) is 2.16. The SMILES string of the molecule is COc1cc(-c2cccc(O)c2)cc(F)n1. The van der Waals surface area contributed by atoms with Gasteiger partial charge in [-0.05, 0) is 23.3 Å². The van der Waals surface area contributed by atoms with Gasteiger partial charge in [-0.15, -0.1) is 0 Å². The van der Waals surface area contributed by atoms with E-state index in [1.165, 1.54) is 13.2 Å². The molecule has 0 atom stereocenters. The van der Waals surface area contributed by atoms with Gasteiger partial charge in [-0.3, -0.25) is 0 Å². The van der Waals surface area contributed by atoms with Crippen molar-refractivity contribution in [1.82, 2.24) is 4.98 Å². The van der Waals surface area contributed by atoms with Crippen molar-refractivity contribution in [3.05, 3.63) is 42.3 Å². The largest absolute Gasteiger partial charge is 0.508 e. The van der Waals surface area contributed by atoms with Gasteiger partial charge in [0.2, 0.25) is 11.8 Å². The zero-order valence-electron chi connectivity index (χ0n) is 8.64. The summed E-state index contributed by atoms with van der Waals surface area (Å²) in [5.74, 6) is -0.273. The molecule has 3 nitrogen and oxygen atoms in total. The summed E-state index contributed by atoms with van der Waals surface area (Å²) in [5.41, 5.74) is 1.32. The van der Waals surface area contributed by atoms with E-state index < -0.39 is 5.95 Å². The normalized spacial score (nSPS) is 10.1. The molecular formula is C12H10FNO2. The topological polar surface area (TPSA) is 42.4 Å². The van der Waals surface area contributed by atoms with Gasteiger partial charge in [-0.25, -0.2) is 0 Å². The van der Waals surface area contributed by atoms with E-state index in [1.54, 1.807) is 30.3 Å². The number of aromatic hydroxyl groups is 1. The molecular weight excluding hydrogens is 209 g/mol. The Morgan fingerprint density at radius 3 is 2.69 bits per heavy atom. The average Bonchev–Trinajstić information content (AvgIpc) is 2.28. The van der Waals surface area contributed by atoms with Gasteiger partial charge in [0.15, 0.2) is 0 Å². The van der Waals surface area contributed by atoms with E-state index in [1.807, 2.05) is 0 Å². The van der Waals surface area contributed by atoms with Crippen molar-refractivity contribution >= 4 is 0 Å². The molecule has 82 valence electrons. The Morgan fingerprint density at radius 2 is 2.00 bits per heavy atom. The second-order valence-electron chi connectivity index (χ2n) is 3.27. The van der Waals surface area contributed by atoms with Crippen LogP contribution in [0.2, 0.25) is 0 Å². The fourth-order valence-electron chi connectivity index (χ4n) is 1.43. The van der Waals surface area contributed by atoms with E-state index in [-0.39, 0.29) is 11.6 Å². The molecule has 0 spiro atoms. The molecule has 1 aromatic carbocycles. The molecule has 0 radical (unpaired) electrons. The first-order chi connectivity index (χ1) is 7.69. The van der Waals surface area contributed by atoms with Crippen LogP contribution in [0.1, 0.15) is 0 Å². The lowest BCUT2D eigenvalue weighted by Crippen LogP contribution is -1.91. The summed E-state index contributed by atoms with van der Waals surface area (Å²) < 4.78 is 18.0. The van der Waals surface area contributed by atoms with Gasteiger partial charge in [0.1, 0.15) is 5.75 Å². The first kappa shape index (κ1) is 10.4. The van der Waals surface area contributed by atoms with E-state index in [0.717, 1.165) is 0 Å². The number of aromatic nitrogens is 1. The van der Waals surface area contributed by atoms with Crippen LogP contribution >= 0.6 is 0 Å². The lowest BCUT2D eigenvalue weighted by molar-refractivity contribution is 0.388. The van der Waals surface area contributed by atoms with Gasteiger partial charge < -0.3 is 9.84 Å². The van der Waals surface area contributed by atoms with Crippen molar-refractivity contribution in [1.29, 1.82) is 0 Å². The highest BCUT2D eigenvalue weighted by atomic mass is 19.1. The first-order valence-corrected chi connectivity index (χ1v) is 4.70. The molecule has 4 heteroatoms. The maximum Gasteiger partial charge on any atom is 0.216 e. The number of benzene rings is 1. The molecule has 0 amide bonds. The molecule has 0 saturated heterocycles. The van der Waals surface area contributed by atoms with Gasteiger partial charge in [-0.1, -0.05) is 12.1 Å². The Labute approximate surface area is 92.1 Å². The van der Waals surface area contributed by atoms with Crippen molar-refractivity contribution in [2.75, 3.05) is 7.11 Å². The molecule has 0 aliphatic rings. The molecule has 1 N–H and O–H groups in total. The Balaban J connectivity index is 2.51. The molecule has 2 rings (SSSR count). The summed E-state index contributed by atoms with van der Waals surface area (Å²) in [5, 5.41) is 9.33. The summed E-state index contributed by atoms with van der Waals surface area (Å²) in [4.78, 5) is 3.55. The number of hydrogen-bond donors (Lipinski definition) is 1. The van der Waals surface area contributed by atoms with Gasteiger partial charge in [-0.2, -0.15) is 9.37 Å². The van der Waals surface area contributed by atoms with Crippen LogP contribution in [0.25, 0.3) is 11.1 Å². The molecule has 1 heterocycles. The van der Waals surface area contributed by atoms with Crippen molar-refractivity contribution in [2.45, 2.75) is 0 Å². The van der Waals surface area contributed by atoms with Crippen LogP contribution in [0, 0.1) is 5.95 Å². The molecule has 0 aliphatic carbocycles. The average molecular weight is 219 g/mol. The molecule has 2 aromatic rings. The van der Waals surface area contributed by atoms with Crippen LogP contribution in [-0.4, -0.2) is 17.2 Å². The van der Waals surface area contributed by atoms with Crippen LogP contribution in [0.3, 0.4) is 0 Å². The number of hydrogen-bond acceptors (Lipinski definition) is 3. The van der Waals surface area contributed by atoms with Crippen molar-refractivity contribution in [2.24, 2.45) is 0 Å². The Hall–Kier alpha value is -2.10.